The monoisotopic (exact) mass is 384 g/mol. The quantitative estimate of drug-likeness (QED) is 0.709. The Labute approximate surface area is 142 Å². The van der Waals surface area contributed by atoms with Crippen LogP contribution in [-0.4, -0.2) is 12.2 Å². The molecule has 2 aromatic rings. The van der Waals surface area contributed by atoms with Gasteiger partial charge in [0, 0.05) is 4.47 Å². The summed E-state index contributed by atoms with van der Waals surface area (Å²) in [5.41, 5.74) is 2.66. The highest BCUT2D eigenvalue weighted by atomic mass is 79.9. The Balaban J connectivity index is 2.13. The molecule has 0 fully saturated rings. The van der Waals surface area contributed by atoms with E-state index in [1.165, 1.54) is 0 Å². The molecule has 21 heavy (non-hydrogen) atoms. The fourth-order valence-electron chi connectivity index (χ4n) is 1.79. The number of thiocarbonyl (C=S) groups is 1. The number of rotatable bonds is 3. The molecule has 6 heteroatoms. The van der Waals surface area contributed by atoms with E-state index in [-0.39, 0.29) is 0 Å². The smallest absolute Gasteiger partial charge is 0.175 e. The van der Waals surface area contributed by atoms with Crippen molar-refractivity contribution in [3.63, 3.8) is 0 Å². The summed E-state index contributed by atoms with van der Waals surface area (Å²) in [6, 6.07) is 11.4. The summed E-state index contributed by atoms with van der Waals surface area (Å²) in [5.74, 6) is 0.728. The van der Waals surface area contributed by atoms with Gasteiger partial charge in [-0.3, -0.25) is 0 Å². The van der Waals surface area contributed by atoms with E-state index in [2.05, 4.69) is 26.6 Å². The van der Waals surface area contributed by atoms with Gasteiger partial charge in [0.25, 0.3) is 0 Å². The largest absolute Gasteiger partial charge is 0.495 e. The van der Waals surface area contributed by atoms with Crippen LogP contribution in [0.2, 0.25) is 5.02 Å². The molecule has 0 unspecified atom stereocenters. The first kappa shape index (κ1) is 16.1. The van der Waals surface area contributed by atoms with E-state index in [0.717, 1.165) is 27.2 Å². The second-order valence-electron chi connectivity index (χ2n) is 4.41. The van der Waals surface area contributed by atoms with E-state index in [1.807, 2.05) is 37.3 Å². The SMILES string of the molecule is COc1ccc(C)cc1NC(=S)Nc1ccc(Br)cc1Cl. The molecular formula is C15H14BrClN2OS. The Morgan fingerprint density at radius 1 is 1.14 bits per heavy atom. The number of aryl methyl sites for hydroxylation is 1. The third-order valence-electron chi connectivity index (χ3n) is 2.78. The average Bonchev–Trinajstić information content (AvgIpc) is 2.42. The molecule has 0 amide bonds. The van der Waals surface area contributed by atoms with Crippen LogP contribution in [0.15, 0.2) is 40.9 Å². The van der Waals surface area contributed by atoms with Gasteiger partial charge in [-0.25, -0.2) is 0 Å². The van der Waals surface area contributed by atoms with E-state index >= 15 is 0 Å². The van der Waals surface area contributed by atoms with Crippen LogP contribution in [0.3, 0.4) is 0 Å². The van der Waals surface area contributed by atoms with Crippen LogP contribution in [0, 0.1) is 6.92 Å². The second kappa shape index (κ2) is 7.11. The first-order valence-corrected chi connectivity index (χ1v) is 7.75. The fraction of sp³-hybridized carbons (Fsp3) is 0.133. The van der Waals surface area contributed by atoms with Gasteiger partial charge in [0.05, 0.1) is 23.5 Å². The number of ether oxygens (including phenoxy) is 1. The summed E-state index contributed by atoms with van der Waals surface area (Å²) < 4.78 is 6.22. The van der Waals surface area contributed by atoms with Gasteiger partial charge in [-0.05, 0) is 55.0 Å². The molecule has 2 aromatic carbocycles. The van der Waals surface area contributed by atoms with Crippen molar-refractivity contribution in [2.45, 2.75) is 6.92 Å². The van der Waals surface area contributed by atoms with Crippen molar-refractivity contribution in [3.05, 3.63) is 51.5 Å². The van der Waals surface area contributed by atoms with Gasteiger partial charge in [0.15, 0.2) is 5.11 Å². The standard InChI is InChI=1S/C15H14BrClN2OS/c1-9-3-6-14(20-2)13(7-9)19-15(21)18-12-5-4-10(16)8-11(12)17/h3-8H,1-2H3,(H2,18,19,21). The van der Waals surface area contributed by atoms with Crippen LogP contribution < -0.4 is 15.4 Å². The van der Waals surface area contributed by atoms with Gasteiger partial charge < -0.3 is 15.4 Å². The summed E-state index contributed by atoms with van der Waals surface area (Å²) in [6.07, 6.45) is 0. The van der Waals surface area contributed by atoms with Gasteiger partial charge >= 0.3 is 0 Å². The van der Waals surface area contributed by atoms with Gasteiger partial charge in [-0.15, -0.1) is 0 Å². The third kappa shape index (κ3) is 4.33. The van der Waals surface area contributed by atoms with Crippen molar-refractivity contribution in [1.29, 1.82) is 0 Å². The van der Waals surface area contributed by atoms with Crippen LogP contribution in [0.5, 0.6) is 5.75 Å². The first-order chi connectivity index (χ1) is 9.99. The van der Waals surface area contributed by atoms with Gasteiger partial charge in [-0.2, -0.15) is 0 Å². The molecule has 2 rings (SSSR count). The van der Waals surface area contributed by atoms with Crippen molar-refractivity contribution in [2.75, 3.05) is 17.7 Å². The molecule has 0 saturated carbocycles. The maximum atomic E-state index is 6.16. The summed E-state index contributed by atoms with van der Waals surface area (Å²) in [5, 5.41) is 7.22. The summed E-state index contributed by atoms with van der Waals surface area (Å²) in [6.45, 7) is 2.01. The Bertz CT molecular complexity index is 679. The number of anilines is 2. The van der Waals surface area contributed by atoms with Crippen LogP contribution in [0.4, 0.5) is 11.4 Å². The van der Waals surface area contributed by atoms with Crippen molar-refractivity contribution in [3.8, 4) is 5.75 Å². The lowest BCUT2D eigenvalue weighted by atomic mass is 10.2. The summed E-state index contributed by atoms with van der Waals surface area (Å²) >= 11 is 14.8. The van der Waals surface area contributed by atoms with E-state index in [4.69, 9.17) is 28.6 Å². The molecular weight excluding hydrogens is 372 g/mol. The lowest BCUT2D eigenvalue weighted by Gasteiger charge is -2.14. The number of hydrogen-bond acceptors (Lipinski definition) is 2. The molecule has 3 nitrogen and oxygen atoms in total. The molecule has 0 aliphatic heterocycles. The number of benzene rings is 2. The predicted molar refractivity (Wildman–Crippen MR) is 96.7 cm³/mol. The highest BCUT2D eigenvalue weighted by molar-refractivity contribution is 9.10. The van der Waals surface area contributed by atoms with Crippen molar-refractivity contribution >= 4 is 56.2 Å². The first-order valence-electron chi connectivity index (χ1n) is 6.17. The van der Waals surface area contributed by atoms with Crippen LogP contribution in [0.1, 0.15) is 5.56 Å². The molecule has 2 N–H and O–H groups in total. The predicted octanol–water partition coefficient (Wildman–Crippen LogP) is 5.23. The normalized spacial score (nSPS) is 10.1. The summed E-state index contributed by atoms with van der Waals surface area (Å²) in [7, 11) is 1.62. The number of methoxy groups -OCH3 is 1. The highest BCUT2D eigenvalue weighted by Gasteiger charge is 2.07. The fourth-order valence-corrected chi connectivity index (χ4v) is 2.73. The zero-order chi connectivity index (χ0) is 15.4. The van der Waals surface area contributed by atoms with Crippen molar-refractivity contribution in [1.82, 2.24) is 0 Å². The van der Waals surface area contributed by atoms with E-state index < -0.39 is 0 Å². The molecule has 0 aliphatic carbocycles. The Kier molecular flexibility index (Phi) is 5.45. The van der Waals surface area contributed by atoms with E-state index in [1.54, 1.807) is 13.2 Å². The molecule has 0 spiro atoms. The van der Waals surface area contributed by atoms with Crippen molar-refractivity contribution < 1.29 is 4.74 Å². The summed E-state index contributed by atoms with van der Waals surface area (Å²) in [4.78, 5) is 0. The minimum atomic E-state index is 0.447. The van der Waals surface area contributed by atoms with Crippen LogP contribution in [-0.2, 0) is 0 Å². The molecule has 0 heterocycles. The maximum absolute atomic E-state index is 6.16. The molecule has 0 radical (unpaired) electrons. The van der Waals surface area contributed by atoms with Crippen LogP contribution >= 0.6 is 39.7 Å². The van der Waals surface area contributed by atoms with Gasteiger partial charge in [0.2, 0.25) is 0 Å². The van der Waals surface area contributed by atoms with Gasteiger partial charge in [-0.1, -0.05) is 33.6 Å². The lowest BCUT2D eigenvalue weighted by molar-refractivity contribution is 0.417. The maximum Gasteiger partial charge on any atom is 0.175 e. The number of hydrogen-bond donors (Lipinski definition) is 2. The molecule has 0 aliphatic rings. The van der Waals surface area contributed by atoms with Gasteiger partial charge in [0.1, 0.15) is 5.75 Å². The minimum Gasteiger partial charge on any atom is -0.495 e. The van der Waals surface area contributed by atoms with E-state index in [0.29, 0.717) is 10.1 Å². The zero-order valence-electron chi connectivity index (χ0n) is 11.5. The Morgan fingerprint density at radius 2 is 1.86 bits per heavy atom. The minimum absolute atomic E-state index is 0.447. The zero-order valence-corrected chi connectivity index (χ0v) is 14.7. The lowest BCUT2D eigenvalue weighted by Crippen LogP contribution is -2.19. The average molecular weight is 386 g/mol. The molecule has 0 bridgehead atoms. The third-order valence-corrected chi connectivity index (χ3v) is 3.79. The highest BCUT2D eigenvalue weighted by Crippen LogP contribution is 2.27. The Morgan fingerprint density at radius 3 is 2.52 bits per heavy atom. The molecule has 110 valence electrons. The molecule has 0 atom stereocenters. The Hall–Kier alpha value is -1.30. The van der Waals surface area contributed by atoms with Crippen molar-refractivity contribution in [2.24, 2.45) is 0 Å². The second-order valence-corrected chi connectivity index (χ2v) is 6.14. The number of nitrogens with one attached hydrogen (secondary N) is 2. The van der Waals surface area contributed by atoms with Crippen LogP contribution in [0.25, 0.3) is 0 Å². The van der Waals surface area contributed by atoms with E-state index in [9.17, 15) is 0 Å². The number of halogens is 2. The topological polar surface area (TPSA) is 33.3 Å². The molecule has 0 aromatic heterocycles. The molecule has 0 saturated heterocycles.